The van der Waals surface area contributed by atoms with E-state index in [1.54, 1.807) is 6.20 Å². The summed E-state index contributed by atoms with van der Waals surface area (Å²) in [7, 11) is 0. The third-order valence-electron chi connectivity index (χ3n) is 6.21. The summed E-state index contributed by atoms with van der Waals surface area (Å²) in [6.45, 7) is 2.65. The van der Waals surface area contributed by atoms with Crippen LogP contribution in [-0.2, 0) is 10.3 Å². The molecule has 34 heavy (non-hydrogen) atoms. The van der Waals surface area contributed by atoms with Gasteiger partial charge < -0.3 is 9.64 Å². The van der Waals surface area contributed by atoms with Crippen LogP contribution in [0.15, 0.2) is 42.6 Å². The quantitative estimate of drug-likeness (QED) is 0.587. The van der Waals surface area contributed by atoms with Gasteiger partial charge in [0.2, 0.25) is 0 Å². The van der Waals surface area contributed by atoms with Crippen molar-refractivity contribution in [3.8, 4) is 11.8 Å². The molecule has 2 aromatic rings. The number of hydrogen-bond donors (Lipinski definition) is 0. The van der Waals surface area contributed by atoms with E-state index < -0.39 is 17.9 Å². The number of nitrogens with zero attached hydrogens (tertiary/aromatic N) is 4. The van der Waals surface area contributed by atoms with Gasteiger partial charge in [-0.2, -0.15) is 13.2 Å². The van der Waals surface area contributed by atoms with Crippen LogP contribution in [0.1, 0.15) is 18.4 Å². The van der Waals surface area contributed by atoms with Crippen molar-refractivity contribution >= 4 is 29.2 Å². The summed E-state index contributed by atoms with van der Waals surface area (Å²) < 4.78 is 48.3. The Hall–Kier alpha value is -2.96. The number of ether oxygens (including phenoxy) is 1. The predicted molar refractivity (Wildman–Crippen MR) is 122 cm³/mol. The minimum atomic E-state index is -4.93. The normalized spacial score (nSPS) is 23.1. The lowest BCUT2D eigenvalue weighted by Crippen LogP contribution is -2.57. The van der Waals surface area contributed by atoms with E-state index in [9.17, 15) is 18.0 Å². The predicted octanol–water partition coefficient (Wildman–Crippen LogP) is 4.64. The Labute approximate surface area is 200 Å². The van der Waals surface area contributed by atoms with Crippen LogP contribution in [0.4, 0.5) is 29.5 Å². The van der Waals surface area contributed by atoms with Crippen LogP contribution in [0.2, 0.25) is 5.02 Å². The maximum absolute atomic E-state index is 14.4. The van der Waals surface area contributed by atoms with Crippen molar-refractivity contribution in [2.45, 2.75) is 24.6 Å². The number of hydrogen-bond acceptors (Lipinski definition) is 5. The monoisotopic (exact) mass is 490 g/mol. The first kappa shape index (κ1) is 22.8. The summed E-state index contributed by atoms with van der Waals surface area (Å²) in [6.07, 6.45) is -2.79. The van der Waals surface area contributed by atoms with E-state index in [0.29, 0.717) is 26.2 Å². The molecule has 3 heterocycles. The highest BCUT2D eigenvalue weighted by atomic mass is 35.5. The second-order valence-corrected chi connectivity index (χ2v) is 9.05. The first-order chi connectivity index (χ1) is 16.3. The van der Waals surface area contributed by atoms with E-state index in [1.807, 2.05) is 23.1 Å². The van der Waals surface area contributed by atoms with Crippen LogP contribution in [0.3, 0.4) is 0 Å². The lowest BCUT2D eigenvalue weighted by atomic mass is 9.89. The average Bonchev–Trinajstić information content (AvgIpc) is 3.65. The molecular formula is C24H22ClF3N4O2. The number of fused-ring (bicyclic) bond motifs is 1. The molecule has 0 radical (unpaired) electrons. The summed E-state index contributed by atoms with van der Waals surface area (Å²) in [5.41, 5.74) is -3.19. The van der Waals surface area contributed by atoms with Crippen LogP contribution < -0.4 is 9.80 Å². The summed E-state index contributed by atoms with van der Waals surface area (Å²) in [6, 6.07) is 9.80. The summed E-state index contributed by atoms with van der Waals surface area (Å²) >= 11 is 6.08. The van der Waals surface area contributed by atoms with Gasteiger partial charge in [0.05, 0.1) is 12.4 Å². The molecule has 0 unspecified atom stereocenters. The van der Waals surface area contributed by atoms with Gasteiger partial charge >= 0.3 is 12.3 Å². The third-order valence-corrected chi connectivity index (χ3v) is 6.44. The lowest BCUT2D eigenvalue weighted by molar-refractivity contribution is -0.240. The molecule has 1 atom stereocenters. The number of halogens is 4. The smallest absolute Gasteiger partial charge is 0.415 e. The molecule has 1 aliphatic carbocycles. The molecule has 1 saturated carbocycles. The van der Waals surface area contributed by atoms with Gasteiger partial charge in [0.25, 0.3) is 5.60 Å². The number of pyridine rings is 1. The van der Waals surface area contributed by atoms with Gasteiger partial charge in [0, 0.05) is 48.9 Å². The second-order valence-electron chi connectivity index (χ2n) is 8.61. The molecule has 2 fully saturated rings. The minimum absolute atomic E-state index is 0.0908. The third kappa shape index (κ3) is 4.28. The zero-order valence-corrected chi connectivity index (χ0v) is 18.9. The van der Waals surface area contributed by atoms with Gasteiger partial charge in [-0.25, -0.2) is 9.78 Å². The Morgan fingerprint density at radius 3 is 2.56 bits per heavy atom. The summed E-state index contributed by atoms with van der Waals surface area (Å²) in [5.74, 6) is 5.67. The maximum Gasteiger partial charge on any atom is 0.445 e. The van der Waals surface area contributed by atoms with Crippen molar-refractivity contribution in [2.24, 2.45) is 5.92 Å². The van der Waals surface area contributed by atoms with Crippen molar-refractivity contribution < 1.29 is 22.7 Å². The van der Waals surface area contributed by atoms with Gasteiger partial charge in [0.15, 0.2) is 0 Å². The Bertz CT molecular complexity index is 1140. The van der Waals surface area contributed by atoms with E-state index in [-0.39, 0.29) is 28.9 Å². The number of piperazine rings is 1. The highest BCUT2D eigenvalue weighted by molar-refractivity contribution is 6.30. The molecule has 1 aromatic heterocycles. The molecule has 2 aliphatic heterocycles. The first-order valence-corrected chi connectivity index (χ1v) is 11.4. The van der Waals surface area contributed by atoms with E-state index in [0.717, 1.165) is 18.7 Å². The molecule has 178 valence electrons. The number of amides is 1. The molecule has 1 amide bonds. The fourth-order valence-corrected chi connectivity index (χ4v) is 4.34. The molecule has 3 aliphatic rings. The molecule has 0 N–H and O–H groups in total. The van der Waals surface area contributed by atoms with Gasteiger partial charge in [-0.3, -0.25) is 9.80 Å². The molecule has 1 aromatic carbocycles. The molecule has 10 heteroatoms. The Morgan fingerprint density at radius 1 is 1.15 bits per heavy atom. The summed E-state index contributed by atoms with van der Waals surface area (Å²) in [5, 5.41) is 0.113. The van der Waals surface area contributed by atoms with E-state index in [2.05, 4.69) is 21.7 Å². The molecule has 6 nitrogen and oxygen atoms in total. The number of aromatic nitrogens is 1. The number of carbonyl (C=O) groups excluding carboxylic acids is 1. The number of rotatable bonds is 3. The highest BCUT2D eigenvalue weighted by Crippen LogP contribution is 2.50. The highest BCUT2D eigenvalue weighted by Gasteiger charge is 2.63. The second kappa shape index (κ2) is 8.67. The molecule has 0 spiro atoms. The topological polar surface area (TPSA) is 48.9 Å². The Balaban J connectivity index is 1.41. The van der Waals surface area contributed by atoms with Crippen molar-refractivity contribution in [3.05, 3.63) is 53.2 Å². The van der Waals surface area contributed by atoms with Gasteiger partial charge in [-0.05, 0) is 49.1 Å². The molecular weight excluding hydrogens is 469 g/mol. The minimum Gasteiger partial charge on any atom is -0.415 e. The number of anilines is 2. The zero-order chi connectivity index (χ0) is 23.9. The van der Waals surface area contributed by atoms with Crippen LogP contribution in [0.25, 0.3) is 0 Å². The molecule has 5 rings (SSSR count). The fraction of sp³-hybridized carbons (Fsp3) is 0.417. The Morgan fingerprint density at radius 2 is 1.91 bits per heavy atom. The fourth-order valence-electron chi connectivity index (χ4n) is 4.16. The maximum atomic E-state index is 14.4. The standard InChI is InChI=1S/C24H22ClF3N4O2/c25-18-6-7-20-19(15-18)23(24(26,27)28,9-8-17-4-5-17)34-22(33)32(20)16-30-11-13-31(14-12-30)21-3-1-2-10-29-21/h1-3,6-7,10,15,17H,4-5,11-14,16H2/t23-/m0/s1. The van der Waals surface area contributed by atoms with Crippen LogP contribution in [-0.4, -0.2) is 55.0 Å². The number of carbonyl (C=O) groups is 1. The summed E-state index contributed by atoms with van der Waals surface area (Å²) in [4.78, 5) is 22.7. The van der Waals surface area contributed by atoms with Crippen LogP contribution in [0.5, 0.6) is 0 Å². The van der Waals surface area contributed by atoms with Gasteiger partial charge in [-0.15, -0.1) is 0 Å². The molecule has 1 saturated heterocycles. The average molecular weight is 491 g/mol. The van der Waals surface area contributed by atoms with Gasteiger partial charge in [0.1, 0.15) is 5.82 Å². The van der Waals surface area contributed by atoms with Gasteiger partial charge in [-0.1, -0.05) is 23.6 Å². The number of alkyl halides is 3. The van der Waals surface area contributed by atoms with E-state index >= 15 is 0 Å². The van der Waals surface area contributed by atoms with Crippen LogP contribution in [0, 0.1) is 17.8 Å². The lowest BCUT2D eigenvalue weighted by Gasteiger charge is -2.43. The van der Waals surface area contributed by atoms with Crippen molar-refractivity contribution in [1.29, 1.82) is 0 Å². The SMILES string of the molecule is O=C1O[C@](C#CC2CC2)(C(F)(F)F)c2cc(Cl)ccc2N1CN1CCN(c2ccccn2)CC1. The molecule has 0 bridgehead atoms. The first-order valence-electron chi connectivity index (χ1n) is 11.1. The van der Waals surface area contributed by atoms with Crippen molar-refractivity contribution in [2.75, 3.05) is 42.6 Å². The largest absolute Gasteiger partial charge is 0.445 e. The number of cyclic esters (lactones) is 1. The number of benzene rings is 1. The van der Waals surface area contributed by atoms with Crippen LogP contribution >= 0.6 is 11.6 Å². The van der Waals surface area contributed by atoms with Crippen molar-refractivity contribution in [1.82, 2.24) is 9.88 Å². The Kier molecular flexibility index (Phi) is 5.82. The van der Waals surface area contributed by atoms with E-state index in [1.165, 1.54) is 23.1 Å². The van der Waals surface area contributed by atoms with Crippen molar-refractivity contribution in [3.63, 3.8) is 0 Å². The van der Waals surface area contributed by atoms with E-state index in [4.69, 9.17) is 16.3 Å². The zero-order valence-electron chi connectivity index (χ0n) is 18.2.